The molecule has 0 bridgehead atoms. The highest BCUT2D eigenvalue weighted by atomic mass is 16.4. The van der Waals surface area contributed by atoms with Crippen molar-refractivity contribution >= 4 is 11.8 Å². The zero-order valence-corrected chi connectivity index (χ0v) is 12.3. The standard InChI is InChI=1S/C16H22N2O2/c1-15(2,3)13-16(10-4-6-12(17)7-5-10)8-11(16)9-18(13)14(19)20/h4-7,11,13H,8-9,17H2,1-3H3,(H,19,20)/t11-,13?,16+/m1/s1. The smallest absolute Gasteiger partial charge is 0.407 e. The number of carbonyl (C=O) groups is 1. The molecule has 0 spiro atoms. The number of hydrogen-bond acceptors (Lipinski definition) is 2. The van der Waals surface area contributed by atoms with Crippen LogP contribution in [0.15, 0.2) is 24.3 Å². The van der Waals surface area contributed by atoms with Gasteiger partial charge >= 0.3 is 6.09 Å². The van der Waals surface area contributed by atoms with Crippen molar-refractivity contribution in [3.05, 3.63) is 29.8 Å². The van der Waals surface area contributed by atoms with Crippen molar-refractivity contribution < 1.29 is 9.90 Å². The van der Waals surface area contributed by atoms with Gasteiger partial charge in [-0.05, 0) is 35.4 Å². The molecule has 4 nitrogen and oxygen atoms in total. The summed E-state index contributed by atoms with van der Waals surface area (Å²) in [6.45, 7) is 7.05. The summed E-state index contributed by atoms with van der Waals surface area (Å²) in [5.41, 5.74) is 7.67. The van der Waals surface area contributed by atoms with Gasteiger partial charge in [0.05, 0.1) is 0 Å². The molecule has 3 N–H and O–H groups in total. The summed E-state index contributed by atoms with van der Waals surface area (Å²) >= 11 is 0. The van der Waals surface area contributed by atoms with Crippen LogP contribution in [-0.2, 0) is 5.41 Å². The van der Waals surface area contributed by atoms with Crippen LogP contribution < -0.4 is 5.73 Å². The Morgan fingerprint density at radius 1 is 1.35 bits per heavy atom. The van der Waals surface area contributed by atoms with Crippen LogP contribution in [0.4, 0.5) is 10.5 Å². The van der Waals surface area contributed by atoms with Crippen molar-refractivity contribution in [3.63, 3.8) is 0 Å². The molecular formula is C16H22N2O2. The molecule has 1 aliphatic carbocycles. The number of anilines is 1. The largest absolute Gasteiger partial charge is 0.465 e. The van der Waals surface area contributed by atoms with Gasteiger partial charge in [0.15, 0.2) is 0 Å². The number of benzene rings is 1. The van der Waals surface area contributed by atoms with E-state index >= 15 is 0 Å². The normalized spacial score (nSPS) is 32.0. The van der Waals surface area contributed by atoms with Crippen LogP contribution in [0.1, 0.15) is 32.8 Å². The molecule has 3 rings (SSSR count). The zero-order valence-electron chi connectivity index (χ0n) is 12.3. The summed E-state index contributed by atoms with van der Waals surface area (Å²) in [5, 5.41) is 9.50. The summed E-state index contributed by atoms with van der Waals surface area (Å²) in [4.78, 5) is 13.2. The van der Waals surface area contributed by atoms with E-state index in [9.17, 15) is 9.90 Å². The van der Waals surface area contributed by atoms with E-state index in [1.165, 1.54) is 5.56 Å². The number of amides is 1. The number of likely N-dealkylation sites (tertiary alicyclic amines) is 1. The predicted molar refractivity (Wildman–Crippen MR) is 78.6 cm³/mol. The minimum atomic E-state index is -0.799. The molecule has 3 atom stereocenters. The quantitative estimate of drug-likeness (QED) is 0.774. The van der Waals surface area contributed by atoms with Crippen molar-refractivity contribution in [1.82, 2.24) is 4.90 Å². The number of nitrogens with two attached hydrogens (primary N) is 1. The number of carboxylic acid groups (broad SMARTS) is 1. The molecule has 1 aliphatic heterocycles. The van der Waals surface area contributed by atoms with Crippen molar-refractivity contribution in [3.8, 4) is 0 Å². The maximum atomic E-state index is 11.6. The molecule has 1 unspecified atom stereocenters. The van der Waals surface area contributed by atoms with Gasteiger partial charge in [-0.2, -0.15) is 0 Å². The van der Waals surface area contributed by atoms with Crippen LogP contribution in [0.5, 0.6) is 0 Å². The molecule has 108 valence electrons. The van der Waals surface area contributed by atoms with E-state index in [2.05, 4.69) is 32.9 Å². The van der Waals surface area contributed by atoms with E-state index < -0.39 is 6.09 Å². The van der Waals surface area contributed by atoms with Crippen LogP contribution in [0.25, 0.3) is 0 Å². The van der Waals surface area contributed by atoms with Crippen molar-refractivity contribution in [1.29, 1.82) is 0 Å². The van der Waals surface area contributed by atoms with Gasteiger partial charge in [0.25, 0.3) is 0 Å². The van der Waals surface area contributed by atoms with Gasteiger partial charge in [0.1, 0.15) is 0 Å². The average Bonchev–Trinajstić information content (AvgIpc) is 2.93. The molecule has 1 saturated heterocycles. The molecule has 1 heterocycles. The van der Waals surface area contributed by atoms with Gasteiger partial charge in [0.2, 0.25) is 0 Å². The number of hydrogen-bond donors (Lipinski definition) is 2. The van der Waals surface area contributed by atoms with Crippen molar-refractivity contribution in [2.24, 2.45) is 11.3 Å². The lowest BCUT2D eigenvalue weighted by Crippen LogP contribution is -2.49. The van der Waals surface area contributed by atoms with Crippen molar-refractivity contribution in [2.75, 3.05) is 12.3 Å². The third-order valence-corrected chi connectivity index (χ3v) is 4.88. The molecule has 20 heavy (non-hydrogen) atoms. The molecule has 1 aromatic rings. The lowest BCUT2D eigenvalue weighted by Gasteiger charge is -2.40. The third kappa shape index (κ3) is 1.70. The Bertz CT molecular complexity index is 547. The van der Waals surface area contributed by atoms with Gasteiger partial charge in [-0.3, -0.25) is 0 Å². The zero-order chi connectivity index (χ0) is 14.7. The lowest BCUT2D eigenvalue weighted by atomic mass is 9.73. The lowest BCUT2D eigenvalue weighted by molar-refractivity contribution is 0.0857. The fourth-order valence-corrected chi connectivity index (χ4v) is 4.27. The highest BCUT2D eigenvalue weighted by Crippen LogP contribution is 2.65. The Labute approximate surface area is 119 Å². The Morgan fingerprint density at radius 2 is 1.95 bits per heavy atom. The second kappa shape index (κ2) is 3.90. The van der Waals surface area contributed by atoms with Crippen LogP contribution in [0.2, 0.25) is 0 Å². The summed E-state index contributed by atoms with van der Waals surface area (Å²) in [7, 11) is 0. The van der Waals surface area contributed by atoms with Crippen molar-refractivity contribution in [2.45, 2.75) is 38.6 Å². The summed E-state index contributed by atoms with van der Waals surface area (Å²) in [6, 6.07) is 8.01. The number of piperidine rings is 1. The van der Waals surface area contributed by atoms with E-state index in [1.807, 2.05) is 12.1 Å². The highest BCUT2D eigenvalue weighted by Gasteiger charge is 2.69. The monoisotopic (exact) mass is 274 g/mol. The van der Waals surface area contributed by atoms with Gasteiger partial charge in [0, 0.05) is 23.7 Å². The molecular weight excluding hydrogens is 252 g/mol. The minimum Gasteiger partial charge on any atom is -0.465 e. The number of nitrogen functional groups attached to an aromatic ring is 1. The highest BCUT2D eigenvalue weighted by molar-refractivity contribution is 5.68. The molecule has 4 heteroatoms. The number of rotatable bonds is 1. The Balaban J connectivity index is 2.05. The van der Waals surface area contributed by atoms with Crippen LogP contribution >= 0.6 is 0 Å². The first-order valence-electron chi connectivity index (χ1n) is 7.12. The minimum absolute atomic E-state index is 0.00958. The fourth-order valence-electron chi connectivity index (χ4n) is 4.27. The predicted octanol–water partition coefficient (Wildman–Crippen LogP) is 2.93. The van der Waals surface area contributed by atoms with E-state index in [0.717, 1.165) is 12.1 Å². The number of fused-ring (bicyclic) bond motifs is 1. The van der Waals surface area contributed by atoms with Gasteiger partial charge in [-0.1, -0.05) is 32.9 Å². The molecule has 1 amide bonds. The number of nitrogens with zero attached hydrogens (tertiary/aromatic N) is 1. The molecule has 2 aliphatic rings. The van der Waals surface area contributed by atoms with Gasteiger partial charge < -0.3 is 15.7 Å². The topological polar surface area (TPSA) is 66.6 Å². The van der Waals surface area contributed by atoms with Crippen LogP contribution in [-0.4, -0.2) is 28.7 Å². The summed E-state index contributed by atoms with van der Waals surface area (Å²) < 4.78 is 0. The maximum absolute atomic E-state index is 11.6. The second-order valence-corrected chi connectivity index (χ2v) is 7.27. The second-order valence-electron chi connectivity index (χ2n) is 7.27. The first kappa shape index (κ1) is 13.3. The summed E-state index contributed by atoms with van der Waals surface area (Å²) in [6.07, 6.45) is 0.287. The Hall–Kier alpha value is -1.71. The molecule has 2 fully saturated rings. The van der Waals surface area contributed by atoms with Gasteiger partial charge in [-0.25, -0.2) is 4.79 Å². The van der Waals surface area contributed by atoms with E-state index in [-0.39, 0.29) is 16.9 Å². The first-order valence-corrected chi connectivity index (χ1v) is 7.12. The van der Waals surface area contributed by atoms with Crippen LogP contribution in [0, 0.1) is 11.3 Å². The fraction of sp³-hybridized carbons (Fsp3) is 0.562. The summed E-state index contributed by atoms with van der Waals surface area (Å²) in [5.74, 6) is 0.450. The molecule has 0 aromatic heterocycles. The Morgan fingerprint density at radius 3 is 2.45 bits per heavy atom. The first-order chi connectivity index (χ1) is 9.26. The third-order valence-electron chi connectivity index (χ3n) is 4.88. The Kier molecular flexibility index (Phi) is 2.59. The molecule has 1 aromatic carbocycles. The van der Waals surface area contributed by atoms with Gasteiger partial charge in [-0.15, -0.1) is 0 Å². The maximum Gasteiger partial charge on any atom is 0.407 e. The molecule has 0 radical (unpaired) electrons. The average molecular weight is 274 g/mol. The van der Waals surface area contributed by atoms with E-state index in [1.54, 1.807) is 4.90 Å². The van der Waals surface area contributed by atoms with E-state index in [0.29, 0.717) is 12.5 Å². The molecule has 1 saturated carbocycles. The van der Waals surface area contributed by atoms with E-state index in [4.69, 9.17) is 5.73 Å². The SMILES string of the molecule is CC(C)(C)C1N(C(=O)O)C[C@H]2C[C@@]12c1ccc(N)cc1. The van der Waals surface area contributed by atoms with Crippen LogP contribution in [0.3, 0.4) is 0 Å².